The third kappa shape index (κ3) is 2.65. The minimum Gasteiger partial charge on any atom is -0.435 e. The van der Waals surface area contributed by atoms with Gasteiger partial charge in [-0.3, -0.25) is 0 Å². The van der Waals surface area contributed by atoms with Gasteiger partial charge < -0.3 is 4.74 Å². The van der Waals surface area contributed by atoms with Crippen molar-refractivity contribution in [3.63, 3.8) is 0 Å². The molecular formula is C11H7Cl2FN2O. The number of halogens is 3. The highest BCUT2D eigenvalue weighted by molar-refractivity contribution is 6.31. The Balaban J connectivity index is 2.37. The summed E-state index contributed by atoms with van der Waals surface area (Å²) in [6.07, 6.45) is 1.23. The summed E-state index contributed by atoms with van der Waals surface area (Å²) in [6.45, 7) is 0. The highest BCUT2D eigenvalue weighted by Gasteiger charge is 2.12. The van der Waals surface area contributed by atoms with E-state index in [0.717, 1.165) is 0 Å². The molecule has 1 heterocycles. The summed E-state index contributed by atoms with van der Waals surface area (Å²) in [4.78, 5) is 7.65. The molecule has 0 aliphatic heterocycles. The molecule has 88 valence electrons. The third-order valence-corrected chi connectivity index (χ3v) is 2.62. The van der Waals surface area contributed by atoms with E-state index in [-0.39, 0.29) is 22.7 Å². The molecule has 0 N–H and O–H groups in total. The Morgan fingerprint density at radius 2 is 2.00 bits per heavy atom. The molecule has 17 heavy (non-hydrogen) atoms. The van der Waals surface area contributed by atoms with Gasteiger partial charge in [0.05, 0.1) is 11.4 Å². The maximum atomic E-state index is 13.4. The van der Waals surface area contributed by atoms with Gasteiger partial charge in [-0.2, -0.15) is 0 Å². The van der Waals surface area contributed by atoms with Crippen molar-refractivity contribution >= 4 is 23.2 Å². The Labute approximate surface area is 107 Å². The van der Waals surface area contributed by atoms with Crippen LogP contribution in [0.2, 0.25) is 5.15 Å². The third-order valence-electron chi connectivity index (χ3n) is 2.03. The van der Waals surface area contributed by atoms with Crippen LogP contribution in [-0.4, -0.2) is 9.97 Å². The largest absolute Gasteiger partial charge is 0.435 e. The first-order valence-electron chi connectivity index (χ1n) is 4.70. The molecule has 6 heteroatoms. The Morgan fingerprint density at radius 3 is 2.71 bits per heavy atom. The molecule has 0 aliphatic rings. The molecule has 0 fully saturated rings. The van der Waals surface area contributed by atoms with E-state index in [0.29, 0.717) is 5.56 Å². The lowest BCUT2D eigenvalue weighted by Gasteiger charge is -2.09. The van der Waals surface area contributed by atoms with Gasteiger partial charge in [0, 0.05) is 0 Å². The van der Waals surface area contributed by atoms with Gasteiger partial charge >= 0.3 is 0 Å². The molecule has 0 spiro atoms. The molecule has 0 unspecified atom stereocenters. The monoisotopic (exact) mass is 272 g/mol. The normalized spacial score (nSPS) is 10.3. The SMILES string of the molecule is Fc1ccccc1Oc1ncnc(Cl)c1CCl. The van der Waals surface area contributed by atoms with Crippen LogP contribution < -0.4 is 4.74 Å². The van der Waals surface area contributed by atoms with Crippen molar-refractivity contribution in [2.24, 2.45) is 0 Å². The lowest BCUT2D eigenvalue weighted by atomic mass is 10.3. The molecule has 1 aromatic carbocycles. The van der Waals surface area contributed by atoms with Crippen LogP contribution in [0.3, 0.4) is 0 Å². The zero-order valence-electron chi connectivity index (χ0n) is 8.53. The second-order valence-electron chi connectivity index (χ2n) is 3.11. The van der Waals surface area contributed by atoms with Crippen LogP contribution in [0.25, 0.3) is 0 Å². The number of para-hydroxylation sites is 1. The molecule has 2 rings (SSSR count). The minimum absolute atomic E-state index is 0.0635. The zero-order valence-corrected chi connectivity index (χ0v) is 10.0. The number of aromatic nitrogens is 2. The minimum atomic E-state index is -0.484. The predicted molar refractivity (Wildman–Crippen MR) is 63.1 cm³/mol. The Kier molecular flexibility index (Phi) is 3.76. The first kappa shape index (κ1) is 12.1. The topological polar surface area (TPSA) is 35.0 Å². The van der Waals surface area contributed by atoms with E-state index in [1.165, 1.54) is 18.5 Å². The van der Waals surface area contributed by atoms with Crippen molar-refractivity contribution in [3.05, 3.63) is 47.1 Å². The van der Waals surface area contributed by atoms with Crippen molar-refractivity contribution in [2.45, 2.75) is 5.88 Å². The Bertz CT molecular complexity index is 537. The highest BCUT2D eigenvalue weighted by atomic mass is 35.5. The average molecular weight is 273 g/mol. The Morgan fingerprint density at radius 1 is 1.24 bits per heavy atom. The molecule has 0 saturated heterocycles. The predicted octanol–water partition coefficient (Wildman–Crippen LogP) is 3.80. The maximum Gasteiger partial charge on any atom is 0.228 e. The van der Waals surface area contributed by atoms with Gasteiger partial charge in [0.25, 0.3) is 0 Å². The van der Waals surface area contributed by atoms with E-state index >= 15 is 0 Å². The van der Waals surface area contributed by atoms with Gasteiger partial charge in [-0.1, -0.05) is 23.7 Å². The molecule has 0 aliphatic carbocycles. The van der Waals surface area contributed by atoms with E-state index < -0.39 is 5.82 Å². The van der Waals surface area contributed by atoms with E-state index in [9.17, 15) is 4.39 Å². The molecule has 0 amide bonds. The smallest absolute Gasteiger partial charge is 0.228 e. The lowest BCUT2D eigenvalue weighted by molar-refractivity contribution is 0.423. The van der Waals surface area contributed by atoms with Gasteiger partial charge in [0.1, 0.15) is 11.5 Å². The van der Waals surface area contributed by atoms with E-state index in [1.54, 1.807) is 12.1 Å². The van der Waals surface area contributed by atoms with Crippen LogP contribution >= 0.6 is 23.2 Å². The Hall–Kier alpha value is -1.39. The van der Waals surface area contributed by atoms with Crippen molar-refractivity contribution < 1.29 is 9.13 Å². The number of rotatable bonds is 3. The summed E-state index contributed by atoms with van der Waals surface area (Å²) in [5.41, 5.74) is 0.430. The van der Waals surface area contributed by atoms with Gasteiger partial charge in [-0.25, -0.2) is 14.4 Å². The second kappa shape index (κ2) is 5.29. The average Bonchev–Trinajstić information content (AvgIpc) is 2.32. The van der Waals surface area contributed by atoms with E-state index in [1.807, 2.05) is 0 Å². The zero-order chi connectivity index (χ0) is 12.3. The summed E-state index contributed by atoms with van der Waals surface area (Å²) in [7, 11) is 0. The summed E-state index contributed by atoms with van der Waals surface area (Å²) in [5.74, 6) is -0.176. The summed E-state index contributed by atoms with van der Waals surface area (Å²) < 4.78 is 18.7. The molecule has 0 radical (unpaired) electrons. The van der Waals surface area contributed by atoms with Crippen LogP contribution in [0.4, 0.5) is 4.39 Å². The standard InChI is InChI=1S/C11H7Cl2FN2O/c12-5-7-10(13)15-6-16-11(7)17-9-4-2-1-3-8(9)14/h1-4,6H,5H2. The van der Waals surface area contributed by atoms with Crippen molar-refractivity contribution in [2.75, 3.05) is 0 Å². The maximum absolute atomic E-state index is 13.4. The van der Waals surface area contributed by atoms with E-state index in [4.69, 9.17) is 27.9 Å². The number of benzene rings is 1. The number of ether oxygens (including phenoxy) is 1. The van der Waals surface area contributed by atoms with Crippen LogP contribution in [-0.2, 0) is 5.88 Å². The number of hydrogen-bond acceptors (Lipinski definition) is 3. The molecule has 0 saturated carbocycles. The first-order valence-corrected chi connectivity index (χ1v) is 5.61. The van der Waals surface area contributed by atoms with Crippen molar-refractivity contribution in [1.82, 2.24) is 9.97 Å². The van der Waals surface area contributed by atoms with Gasteiger partial charge in [-0.05, 0) is 12.1 Å². The van der Waals surface area contributed by atoms with Gasteiger partial charge in [0.15, 0.2) is 11.6 Å². The number of nitrogens with zero attached hydrogens (tertiary/aromatic N) is 2. The van der Waals surface area contributed by atoms with Crippen LogP contribution in [0.15, 0.2) is 30.6 Å². The molecule has 0 bridgehead atoms. The molecule has 0 atom stereocenters. The van der Waals surface area contributed by atoms with Crippen LogP contribution in [0.5, 0.6) is 11.6 Å². The fourth-order valence-electron chi connectivity index (χ4n) is 1.21. The van der Waals surface area contributed by atoms with Crippen LogP contribution in [0.1, 0.15) is 5.56 Å². The summed E-state index contributed by atoms with van der Waals surface area (Å²) in [5, 5.41) is 0.196. The fraction of sp³-hybridized carbons (Fsp3) is 0.0909. The lowest BCUT2D eigenvalue weighted by Crippen LogP contribution is -1.97. The molecular weight excluding hydrogens is 266 g/mol. The summed E-state index contributed by atoms with van der Waals surface area (Å²) in [6, 6.07) is 6.00. The van der Waals surface area contributed by atoms with E-state index in [2.05, 4.69) is 9.97 Å². The highest BCUT2D eigenvalue weighted by Crippen LogP contribution is 2.29. The van der Waals surface area contributed by atoms with Gasteiger partial charge in [0.2, 0.25) is 5.88 Å². The molecule has 2 aromatic rings. The van der Waals surface area contributed by atoms with Crippen LogP contribution in [0, 0.1) is 5.82 Å². The number of hydrogen-bond donors (Lipinski definition) is 0. The second-order valence-corrected chi connectivity index (χ2v) is 3.74. The van der Waals surface area contributed by atoms with Gasteiger partial charge in [-0.15, -0.1) is 11.6 Å². The molecule has 3 nitrogen and oxygen atoms in total. The number of alkyl halides is 1. The van der Waals surface area contributed by atoms with Crippen molar-refractivity contribution in [3.8, 4) is 11.6 Å². The molecule has 1 aromatic heterocycles. The first-order chi connectivity index (χ1) is 8.22. The van der Waals surface area contributed by atoms with Crippen molar-refractivity contribution in [1.29, 1.82) is 0 Å². The fourth-order valence-corrected chi connectivity index (χ4v) is 1.71. The quantitative estimate of drug-likeness (QED) is 0.630. The summed E-state index contributed by atoms with van der Waals surface area (Å²) >= 11 is 11.5.